The standard InChI is InChI=1S/C17H20F2N4O2S/c1-3-10(4-2)16-22-23-17(26-16)21-14(24)7-8-20-15(25)12-6-5-11(18)9-13(12)19/h5-6,9-10H,3-4,7-8H2,1-2H3,(H,20,25)(H,21,23,24). The summed E-state index contributed by atoms with van der Waals surface area (Å²) >= 11 is 1.33. The van der Waals surface area contributed by atoms with Gasteiger partial charge in [-0.25, -0.2) is 8.78 Å². The fraction of sp³-hybridized carbons (Fsp3) is 0.412. The van der Waals surface area contributed by atoms with E-state index in [0.717, 1.165) is 30.0 Å². The molecule has 0 spiro atoms. The second kappa shape index (κ2) is 9.33. The molecule has 1 aromatic heterocycles. The molecule has 0 aliphatic carbocycles. The van der Waals surface area contributed by atoms with E-state index < -0.39 is 17.5 Å². The summed E-state index contributed by atoms with van der Waals surface area (Å²) in [4.78, 5) is 23.7. The van der Waals surface area contributed by atoms with Crippen LogP contribution >= 0.6 is 11.3 Å². The van der Waals surface area contributed by atoms with Crippen molar-refractivity contribution in [2.45, 2.75) is 39.0 Å². The van der Waals surface area contributed by atoms with Crippen LogP contribution in [0.1, 0.15) is 54.4 Å². The number of halogens is 2. The number of hydrogen-bond acceptors (Lipinski definition) is 5. The van der Waals surface area contributed by atoms with Crippen LogP contribution in [-0.4, -0.2) is 28.6 Å². The highest BCUT2D eigenvalue weighted by atomic mass is 32.1. The summed E-state index contributed by atoms with van der Waals surface area (Å²) in [6.07, 6.45) is 1.89. The van der Waals surface area contributed by atoms with Crippen LogP contribution in [0.25, 0.3) is 0 Å². The van der Waals surface area contributed by atoms with Gasteiger partial charge in [0.05, 0.1) is 5.56 Å². The molecule has 2 amide bonds. The zero-order valence-corrected chi connectivity index (χ0v) is 15.3. The smallest absolute Gasteiger partial charge is 0.254 e. The fourth-order valence-corrected chi connectivity index (χ4v) is 3.35. The van der Waals surface area contributed by atoms with E-state index in [1.807, 2.05) is 0 Å². The SMILES string of the molecule is CCC(CC)c1nnc(NC(=O)CCNC(=O)c2ccc(F)cc2F)s1. The summed E-state index contributed by atoms with van der Waals surface area (Å²) in [5.41, 5.74) is -0.272. The van der Waals surface area contributed by atoms with E-state index >= 15 is 0 Å². The summed E-state index contributed by atoms with van der Waals surface area (Å²) < 4.78 is 26.3. The van der Waals surface area contributed by atoms with Crippen molar-refractivity contribution >= 4 is 28.3 Å². The van der Waals surface area contributed by atoms with Crippen LogP contribution in [0.3, 0.4) is 0 Å². The van der Waals surface area contributed by atoms with Crippen molar-refractivity contribution in [1.29, 1.82) is 0 Å². The lowest BCUT2D eigenvalue weighted by Gasteiger charge is -2.06. The Morgan fingerprint density at radius 2 is 1.92 bits per heavy atom. The third-order valence-corrected chi connectivity index (χ3v) is 4.84. The maximum atomic E-state index is 13.5. The first-order valence-electron chi connectivity index (χ1n) is 8.31. The van der Waals surface area contributed by atoms with Crippen molar-refractivity contribution in [1.82, 2.24) is 15.5 Å². The molecule has 0 bridgehead atoms. The van der Waals surface area contributed by atoms with Crippen LogP contribution in [0.15, 0.2) is 18.2 Å². The molecule has 1 heterocycles. The minimum atomic E-state index is -0.949. The monoisotopic (exact) mass is 382 g/mol. The highest BCUT2D eigenvalue weighted by Crippen LogP contribution is 2.27. The van der Waals surface area contributed by atoms with Gasteiger partial charge in [-0.05, 0) is 25.0 Å². The predicted molar refractivity (Wildman–Crippen MR) is 95.2 cm³/mol. The molecule has 140 valence electrons. The van der Waals surface area contributed by atoms with E-state index in [4.69, 9.17) is 0 Å². The Balaban J connectivity index is 1.81. The zero-order chi connectivity index (χ0) is 19.1. The zero-order valence-electron chi connectivity index (χ0n) is 14.5. The lowest BCUT2D eigenvalue weighted by molar-refractivity contribution is -0.116. The average molecular weight is 382 g/mol. The third kappa shape index (κ3) is 5.29. The van der Waals surface area contributed by atoms with Gasteiger partial charge in [0, 0.05) is 24.9 Å². The Kier molecular flexibility index (Phi) is 7.14. The van der Waals surface area contributed by atoms with E-state index in [-0.39, 0.29) is 24.4 Å². The number of amides is 2. The molecule has 1 aromatic carbocycles. The molecule has 2 rings (SSSR count). The summed E-state index contributed by atoms with van der Waals surface area (Å²) in [6.45, 7) is 4.15. The largest absolute Gasteiger partial charge is 0.351 e. The summed E-state index contributed by atoms with van der Waals surface area (Å²) in [6, 6.07) is 2.69. The normalized spacial score (nSPS) is 10.8. The first-order chi connectivity index (χ1) is 12.4. The Hall–Kier alpha value is -2.42. The molecule has 9 heteroatoms. The molecule has 0 aliphatic heterocycles. The van der Waals surface area contributed by atoms with Gasteiger partial charge in [0.25, 0.3) is 5.91 Å². The van der Waals surface area contributed by atoms with Gasteiger partial charge in [-0.1, -0.05) is 25.2 Å². The maximum absolute atomic E-state index is 13.5. The van der Waals surface area contributed by atoms with Crippen molar-refractivity contribution in [3.63, 3.8) is 0 Å². The third-order valence-electron chi connectivity index (χ3n) is 3.84. The van der Waals surface area contributed by atoms with Gasteiger partial charge >= 0.3 is 0 Å². The minimum Gasteiger partial charge on any atom is -0.351 e. The van der Waals surface area contributed by atoms with Gasteiger partial charge < -0.3 is 10.6 Å². The fourth-order valence-electron chi connectivity index (χ4n) is 2.33. The Morgan fingerprint density at radius 1 is 1.19 bits per heavy atom. The minimum absolute atomic E-state index is 0.00550. The number of aromatic nitrogens is 2. The van der Waals surface area contributed by atoms with Crippen LogP contribution in [0, 0.1) is 11.6 Å². The van der Waals surface area contributed by atoms with Crippen LogP contribution in [0.5, 0.6) is 0 Å². The Morgan fingerprint density at radius 3 is 2.58 bits per heavy atom. The topological polar surface area (TPSA) is 84.0 Å². The highest BCUT2D eigenvalue weighted by molar-refractivity contribution is 7.15. The second-order valence-corrected chi connectivity index (χ2v) is 6.65. The van der Waals surface area contributed by atoms with E-state index in [1.165, 1.54) is 11.3 Å². The molecular formula is C17H20F2N4O2S. The number of benzene rings is 1. The first kappa shape index (κ1) is 19.9. The van der Waals surface area contributed by atoms with E-state index in [1.54, 1.807) is 0 Å². The van der Waals surface area contributed by atoms with Crippen molar-refractivity contribution in [2.75, 3.05) is 11.9 Å². The molecule has 6 nitrogen and oxygen atoms in total. The molecule has 2 aromatic rings. The first-order valence-corrected chi connectivity index (χ1v) is 9.12. The van der Waals surface area contributed by atoms with E-state index in [0.29, 0.717) is 17.1 Å². The predicted octanol–water partition coefficient (Wildman–Crippen LogP) is 3.48. The number of nitrogens with zero attached hydrogens (tertiary/aromatic N) is 2. The number of carbonyl (C=O) groups excluding carboxylic acids is 2. The Labute approximate surface area is 154 Å². The summed E-state index contributed by atoms with van der Waals surface area (Å²) in [5, 5.41) is 14.4. The van der Waals surface area contributed by atoms with Crippen LogP contribution < -0.4 is 10.6 Å². The maximum Gasteiger partial charge on any atom is 0.254 e. The average Bonchev–Trinajstić information content (AvgIpc) is 3.04. The lowest BCUT2D eigenvalue weighted by atomic mass is 10.1. The van der Waals surface area contributed by atoms with Crippen LogP contribution in [0.4, 0.5) is 13.9 Å². The molecule has 0 fully saturated rings. The van der Waals surface area contributed by atoms with Gasteiger partial charge in [-0.15, -0.1) is 10.2 Å². The van der Waals surface area contributed by atoms with Crippen molar-refractivity contribution < 1.29 is 18.4 Å². The van der Waals surface area contributed by atoms with Gasteiger partial charge in [0.2, 0.25) is 11.0 Å². The quantitative estimate of drug-likeness (QED) is 0.732. The molecule has 0 radical (unpaired) electrons. The van der Waals surface area contributed by atoms with Gasteiger partial charge in [-0.2, -0.15) is 0 Å². The Bertz CT molecular complexity index is 778. The summed E-state index contributed by atoms with van der Waals surface area (Å²) in [7, 11) is 0. The number of nitrogens with one attached hydrogen (secondary N) is 2. The van der Waals surface area contributed by atoms with Crippen molar-refractivity contribution in [3.8, 4) is 0 Å². The lowest BCUT2D eigenvalue weighted by Crippen LogP contribution is -2.28. The number of carbonyl (C=O) groups is 2. The van der Waals surface area contributed by atoms with Crippen LogP contribution in [0.2, 0.25) is 0 Å². The molecule has 26 heavy (non-hydrogen) atoms. The van der Waals surface area contributed by atoms with Gasteiger partial charge in [-0.3, -0.25) is 9.59 Å². The van der Waals surface area contributed by atoms with Gasteiger partial charge in [0.1, 0.15) is 16.6 Å². The highest BCUT2D eigenvalue weighted by Gasteiger charge is 2.15. The van der Waals surface area contributed by atoms with E-state index in [2.05, 4.69) is 34.7 Å². The van der Waals surface area contributed by atoms with Crippen molar-refractivity contribution in [3.05, 3.63) is 40.4 Å². The number of anilines is 1. The van der Waals surface area contributed by atoms with E-state index in [9.17, 15) is 18.4 Å². The number of hydrogen-bond donors (Lipinski definition) is 2. The number of rotatable bonds is 8. The molecule has 0 saturated heterocycles. The second-order valence-electron chi connectivity index (χ2n) is 5.64. The molecule has 0 atom stereocenters. The molecule has 0 aliphatic rings. The molecule has 0 saturated carbocycles. The molecule has 0 unspecified atom stereocenters. The van der Waals surface area contributed by atoms with Crippen LogP contribution in [-0.2, 0) is 4.79 Å². The molecular weight excluding hydrogens is 362 g/mol. The van der Waals surface area contributed by atoms with Gasteiger partial charge in [0.15, 0.2) is 0 Å². The summed E-state index contributed by atoms with van der Waals surface area (Å²) in [5.74, 6) is -2.43. The molecule has 2 N–H and O–H groups in total. The van der Waals surface area contributed by atoms with Crippen molar-refractivity contribution in [2.24, 2.45) is 0 Å².